The van der Waals surface area contributed by atoms with Crippen LogP contribution in [-0.4, -0.2) is 37.7 Å². The van der Waals surface area contributed by atoms with Gasteiger partial charge in [-0.25, -0.2) is 13.6 Å². The smallest absolute Gasteiger partial charge is 0.255 e. The lowest BCUT2D eigenvalue weighted by Gasteiger charge is -2.30. The Morgan fingerprint density at radius 2 is 1.79 bits per heavy atom. The van der Waals surface area contributed by atoms with Crippen LogP contribution in [0.1, 0.15) is 35.3 Å². The van der Waals surface area contributed by atoms with Gasteiger partial charge >= 0.3 is 0 Å². The molecular weight excluding hydrogens is 390 g/mol. The van der Waals surface area contributed by atoms with Crippen molar-refractivity contribution in [1.82, 2.24) is 10.2 Å². The average molecular weight is 416 g/mol. The monoisotopic (exact) mass is 415 g/mol. The largest absolute Gasteiger partial charge is 0.354 e. The van der Waals surface area contributed by atoms with Gasteiger partial charge in [-0.2, -0.15) is 0 Å². The third-order valence-electron chi connectivity index (χ3n) is 5.05. The molecule has 1 aliphatic rings. The number of nitrogens with two attached hydrogens (primary N) is 1. The quantitative estimate of drug-likeness (QED) is 0.717. The second-order valence-corrected chi connectivity index (χ2v) is 9.07. The van der Waals surface area contributed by atoms with Crippen LogP contribution in [0, 0.1) is 5.92 Å². The van der Waals surface area contributed by atoms with Gasteiger partial charge in [0.1, 0.15) is 6.04 Å². The molecule has 0 saturated heterocycles. The zero-order valence-electron chi connectivity index (χ0n) is 16.5. The number of primary sulfonamides is 1. The molecule has 2 amide bonds. The van der Waals surface area contributed by atoms with E-state index in [9.17, 15) is 18.0 Å². The molecular formula is C21H25N3O4S. The molecule has 0 radical (unpaired) electrons. The molecule has 0 bridgehead atoms. The Hall–Kier alpha value is -2.71. The highest BCUT2D eigenvalue weighted by molar-refractivity contribution is 7.89. The predicted molar refractivity (Wildman–Crippen MR) is 109 cm³/mol. The van der Waals surface area contributed by atoms with Crippen LogP contribution < -0.4 is 10.5 Å². The Morgan fingerprint density at radius 3 is 2.38 bits per heavy atom. The average Bonchev–Trinajstić information content (AvgIpc) is 2.98. The molecule has 0 aliphatic carbocycles. The number of nitrogens with one attached hydrogen (secondary N) is 1. The van der Waals surface area contributed by atoms with Gasteiger partial charge in [0, 0.05) is 18.7 Å². The Balaban J connectivity index is 1.62. The Kier molecular flexibility index (Phi) is 6.04. The van der Waals surface area contributed by atoms with Crippen LogP contribution in [0.25, 0.3) is 0 Å². The minimum absolute atomic E-state index is 0.0395. The Bertz CT molecular complexity index is 1020. The lowest BCUT2D eigenvalue weighted by molar-refractivity contribution is -0.127. The standard InChI is InChI=1S/C21H25N3O4S/c1-14(2)19(24-13-16-5-3-4-6-18(16)21(24)26)20(25)23-12-11-15-7-9-17(10-8-15)29(22,27)28/h3-10,14,19H,11-13H2,1-2H3,(H,23,25)(H2,22,27,28). The van der Waals surface area contributed by atoms with Crippen molar-refractivity contribution in [3.8, 4) is 0 Å². The third kappa shape index (κ3) is 4.65. The van der Waals surface area contributed by atoms with Gasteiger partial charge in [0.2, 0.25) is 15.9 Å². The summed E-state index contributed by atoms with van der Waals surface area (Å²) in [5, 5.41) is 8.00. The fourth-order valence-electron chi connectivity index (χ4n) is 3.59. The zero-order chi connectivity index (χ0) is 21.2. The number of carbonyl (C=O) groups excluding carboxylic acids is 2. The molecule has 1 heterocycles. The van der Waals surface area contributed by atoms with E-state index in [-0.39, 0.29) is 22.6 Å². The first kappa shape index (κ1) is 21.0. The number of amides is 2. The van der Waals surface area contributed by atoms with Crippen LogP contribution in [0.4, 0.5) is 0 Å². The molecule has 0 fully saturated rings. The first-order chi connectivity index (χ1) is 13.7. The van der Waals surface area contributed by atoms with E-state index in [0.29, 0.717) is 25.1 Å². The molecule has 29 heavy (non-hydrogen) atoms. The fraction of sp³-hybridized carbons (Fsp3) is 0.333. The number of benzene rings is 2. The maximum absolute atomic E-state index is 12.8. The van der Waals surface area contributed by atoms with E-state index in [4.69, 9.17) is 5.14 Å². The van der Waals surface area contributed by atoms with Gasteiger partial charge in [-0.15, -0.1) is 0 Å². The summed E-state index contributed by atoms with van der Waals surface area (Å²) in [4.78, 5) is 27.3. The molecule has 1 aliphatic heterocycles. The van der Waals surface area contributed by atoms with Crippen LogP contribution in [0.3, 0.4) is 0 Å². The molecule has 0 spiro atoms. The number of sulfonamides is 1. The Morgan fingerprint density at radius 1 is 1.14 bits per heavy atom. The van der Waals surface area contributed by atoms with Crippen molar-refractivity contribution in [2.45, 2.75) is 37.8 Å². The molecule has 0 aromatic heterocycles. The molecule has 8 heteroatoms. The minimum Gasteiger partial charge on any atom is -0.354 e. The maximum Gasteiger partial charge on any atom is 0.255 e. The van der Waals surface area contributed by atoms with Crippen molar-refractivity contribution >= 4 is 21.8 Å². The van der Waals surface area contributed by atoms with Crippen molar-refractivity contribution in [1.29, 1.82) is 0 Å². The molecule has 154 valence electrons. The zero-order valence-corrected chi connectivity index (χ0v) is 17.3. The van der Waals surface area contributed by atoms with Crippen LogP contribution in [0.2, 0.25) is 0 Å². The van der Waals surface area contributed by atoms with E-state index in [1.165, 1.54) is 12.1 Å². The van der Waals surface area contributed by atoms with E-state index in [1.54, 1.807) is 23.1 Å². The summed E-state index contributed by atoms with van der Waals surface area (Å²) in [5.41, 5.74) is 2.47. The fourth-order valence-corrected chi connectivity index (χ4v) is 4.10. The molecule has 3 N–H and O–H groups in total. The minimum atomic E-state index is -3.72. The van der Waals surface area contributed by atoms with E-state index >= 15 is 0 Å². The number of rotatable bonds is 7. The highest BCUT2D eigenvalue weighted by atomic mass is 32.2. The van der Waals surface area contributed by atoms with Crippen molar-refractivity contribution in [2.75, 3.05) is 6.54 Å². The molecule has 2 aromatic carbocycles. The van der Waals surface area contributed by atoms with Crippen molar-refractivity contribution in [2.24, 2.45) is 11.1 Å². The van der Waals surface area contributed by atoms with Gasteiger partial charge in [-0.05, 0) is 41.7 Å². The van der Waals surface area contributed by atoms with E-state index in [0.717, 1.165) is 11.1 Å². The summed E-state index contributed by atoms with van der Waals surface area (Å²) >= 11 is 0. The summed E-state index contributed by atoms with van der Waals surface area (Å²) in [6.07, 6.45) is 0.537. The van der Waals surface area contributed by atoms with Crippen LogP contribution in [0.15, 0.2) is 53.4 Å². The van der Waals surface area contributed by atoms with E-state index in [2.05, 4.69) is 5.32 Å². The summed E-state index contributed by atoms with van der Waals surface area (Å²) in [7, 11) is -3.72. The topological polar surface area (TPSA) is 110 Å². The Labute approximate surface area is 171 Å². The number of carbonyl (C=O) groups is 2. The number of hydrogen-bond donors (Lipinski definition) is 2. The van der Waals surface area contributed by atoms with Crippen LogP contribution in [-0.2, 0) is 27.8 Å². The van der Waals surface area contributed by atoms with Crippen molar-refractivity contribution in [3.63, 3.8) is 0 Å². The molecule has 3 rings (SSSR count). The number of nitrogens with zero attached hydrogens (tertiary/aromatic N) is 1. The summed E-state index contributed by atoms with van der Waals surface area (Å²) in [6, 6.07) is 13.1. The predicted octanol–water partition coefficient (Wildman–Crippen LogP) is 1.67. The number of hydrogen-bond acceptors (Lipinski definition) is 4. The van der Waals surface area contributed by atoms with Crippen LogP contribution in [0.5, 0.6) is 0 Å². The third-order valence-corrected chi connectivity index (χ3v) is 5.98. The molecule has 1 unspecified atom stereocenters. The molecule has 2 aromatic rings. The maximum atomic E-state index is 12.8. The van der Waals surface area contributed by atoms with Gasteiger partial charge in [0.15, 0.2) is 0 Å². The normalized spacial score (nSPS) is 14.8. The summed E-state index contributed by atoms with van der Waals surface area (Å²) < 4.78 is 22.6. The summed E-state index contributed by atoms with van der Waals surface area (Å²) in [6.45, 7) is 4.66. The van der Waals surface area contributed by atoms with Gasteiger partial charge in [-0.3, -0.25) is 9.59 Å². The van der Waals surface area contributed by atoms with E-state index < -0.39 is 16.1 Å². The second-order valence-electron chi connectivity index (χ2n) is 7.51. The van der Waals surface area contributed by atoms with Gasteiger partial charge in [-0.1, -0.05) is 44.2 Å². The first-order valence-electron chi connectivity index (χ1n) is 9.47. The van der Waals surface area contributed by atoms with Gasteiger partial charge in [0.05, 0.1) is 4.90 Å². The second kappa shape index (κ2) is 8.34. The van der Waals surface area contributed by atoms with Crippen molar-refractivity contribution in [3.05, 3.63) is 65.2 Å². The molecule has 1 atom stereocenters. The van der Waals surface area contributed by atoms with Gasteiger partial charge in [0.25, 0.3) is 5.91 Å². The molecule has 0 saturated carbocycles. The van der Waals surface area contributed by atoms with Crippen LogP contribution >= 0.6 is 0 Å². The van der Waals surface area contributed by atoms with Gasteiger partial charge < -0.3 is 10.2 Å². The molecule has 7 nitrogen and oxygen atoms in total. The first-order valence-corrected chi connectivity index (χ1v) is 11.0. The van der Waals surface area contributed by atoms with E-state index in [1.807, 2.05) is 32.0 Å². The summed E-state index contributed by atoms with van der Waals surface area (Å²) in [5.74, 6) is -0.349. The SMILES string of the molecule is CC(C)C(C(=O)NCCc1ccc(S(N)(=O)=O)cc1)N1Cc2ccccc2C1=O. The highest BCUT2D eigenvalue weighted by Crippen LogP contribution is 2.27. The number of fused-ring (bicyclic) bond motifs is 1. The van der Waals surface area contributed by atoms with Crippen molar-refractivity contribution < 1.29 is 18.0 Å². The highest BCUT2D eigenvalue weighted by Gasteiger charge is 2.37. The lowest BCUT2D eigenvalue weighted by atomic mass is 10.0. The lowest BCUT2D eigenvalue weighted by Crippen LogP contribution is -2.50.